The Kier molecular flexibility index (Phi) is 3.88. The summed E-state index contributed by atoms with van der Waals surface area (Å²) in [6.07, 6.45) is 0.00492. The molecule has 1 N–H and O–H groups in total. The Labute approximate surface area is 91.2 Å². The van der Waals surface area contributed by atoms with Gasteiger partial charge in [0.1, 0.15) is 0 Å². The van der Waals surface area contributed by atoms with E-state index in [1.165, 1.54) is 0 Å². The molecule has 1 aromatic rings. The molecule has 0 aliphatic rings. The van der Waals surface area contributed by atoms with Gasteiger partial charge in [-0.25, -0.2) is 0 Å². The Morgan fingerprint density at radius 2 is 2.07 bits per heavy atom. The number of hydrogen-bond donors (Lipinski definition) is 1. The van der Waals surface area contributed by atoms with E-state index in [-0.39, 0.29) is 5.92 Å². The zero-order valence-corrected chi connectivity index (χ0v) is 9.49. The molecule has 0 bridgehead atoms. The van der Waals surface area contributed by atoms with Crippen molar-refractivity contribution in [3.63, 3.8) is 0 Å². The number of aryl methyl sites for hydroxylation is 1. The first-order valence-electron chi connectivity index (χ1n) is 5.25. The molecule has 2 nitrogen and oxygen atoms in total. The summed E-state index contributed by atoms with van der Waals surface area (Å²) in [7, 11) is 0. The van der Waals surface area contributed by atoms with Crippen LogP contribution < -0.4 is 0 Å². The maximum atomic E-state index is 10.1. The summed E-state index contributed by atoms with van der Waals surface area (Å²) >= 11 is 0. The summed E-state index contributed by atoms with van der Waals surface area (Å²) in [6, 6.07) is 7.98. The lowest BCUT2D eigenvalue weighted by atomic mass is 9.90. The van der Waals surface area contributed by atoms with E-state index in [0.29, 0.717) is 6.42 Å². The van der Waals surface area contributed by atoms with Gasteiger partial charge < -0.3 is 5.11 Å². The van der Waals surface area contributed by atoms with Gasteiger partial charge in [-0.1, -0.05) is 25.1 Å². The van der Waals surface area contributed by atoms with Crippen LogP contribution in [0.25, 0.3) is 0 Å². The molecule has 0 radical (unpaired) electrons. The molecule has 0 aliphatic heterocycles. The molecule has 0 heterocycles. The Morgan fingerprint density at radius 3 is 2.60 bits per heavy atom. The Hall–Kier alpha value is -1.33. The fourth-order valence-corrected chi connectivity index (χ4v) is 1.70. The molecule has 2 atom stereocenters. The molecule has 80 valence electrons. The molecule has 1 rings (SSSR count). The van der Waals surface area contributed by atoms with Crippen LogP contribution in [-0.4, -0.2) is 5.11 Å². The molecule has 2 heteroatoms. The highest BCUT2D eigenvalue weighted by atomic mass is 16.3. The average molecular weight is 203 g/mol. The minimum Gasteiger partial charge on any atom is -0.387 e. The summed E-state index contributed by atoms with van der Waals surface area (Å²) in [5.74, 6) is -0.314. The Balaban J connectivity index is 3.06. The lowest BCUT2D eigenvalue weighted by molar-refractivity contribution is 0.132. The smallest absolute Gasteiger partial charge is 0.0950 e. The van der Waals surface area contributed by atoms with Crippen LogP contribution in [0.4, 0.5) is 0 Å². The number of nitriles is 1. The maximum Gasteiger partial charge on any atom is 0.0950 e. The number of aliphatic hydroxyl groups is 1. The van der Waals surface area contributed by atoms with Crippen LogP contribution in [0, 0.1) is 31.1 Å². The van der Waals surface area contributed by atoms with E-state index in [4.69, 9.17) is 5.26 Å². The number of benzene rings is 1. The Morgan fingerprint density at radius 1 is 1.40 bits per heavy atom. The molecule has 0 saturated heterocycles. The van der Waals surface area contributed by atoms with E-state index in [1.807, 2.05) is 39.0 Å². The summed E-state index contributed by atoms with van der Waals surface area (Å²) in [5, 5.41) is 19.0. The average Bonchev–Trinajstić information content (AvgIpc) is 2.23. The van der Waals surface area contributed by atoms with E-state index in [2.05, 4.69) is 6.07 Å². The van der Waals surface area contributed by atoms with Crippen molar-refractivity contribution in [1.29, 1.82) is 5.26 Å². The van der Waals surface area contributed by atoms with Crippen molar-refractivity contribution in [3.05, 3.63) is 34.9 Å². The highest BCUT2D eigenvalue weighted by molar-refractivity contribution is 5.35. The maximum absolute atomic E-state index is 10.1. The lowest BCUT2D eigenvalue weighted by Crippen LogP contribution is -2.11. The summed E-state index contributed by atoms with van der Waals surface area (Å²) < 4.78 is 0. The monoisotopic (exact) mass is 203 g/mol. The van der Waals surface area contributed by atoms with Gasteiger partial charge in [-0.05, 0) is 37.0 Å². The van der Waals surface area contributed by atoms with Gasteiger partial charge in [0.2, 0.25) is 0 Å². The third-order valence-electron chi connectivity index (χ3n) is 2.95. The first kappa shape index (κ1) is 11.7. The molecular weight excluding hydrogens is 186 g/mol. The van der Waals surface area contributed by atoms with Crippen molar-refractivity contribution in [2.75, 3.05) is 0 Å². The first-order chi connectivity index (χ1) is 7.11. The van der Waals surface area contributed by atoms with Crippen molar-refractivity contribution in [1.82, 2.24) is 0 Å². The lowest BCUT2D eigenvalue weighted by Gasteiger charge is -2.18. The van der Waals surface area contributed by atoms with E-state index in [9.17, 15) is 5.11 Å². The topological polar surface area (TPSA) is 44.0 Å². The minimum absolute atomic E-state index is 0.314. The molecule has 0 amide bonds. The van der Waals surface area contributed by atoms with Gasteiger partial charge in [0.15, 0.2) is 0 Å². The highest BCUT2D eigenvalue weighted by Gasteiger charge is 2.20. The normalized spacial score (nSPS) is 14.3. The SMILES string of the molecule is CCC(C#N)C(O)c1cccc(C)c1C. The molecule has 0 fully saturated rings. The predicted molar refractivity (Wildman–Crippen MR) is 60.3 cm³/mol. The van der Waals surface area contributed by atoms with Gasteiger partial charge >= 0.3 is 0 Å². The predicted octanol–water partition coefficient (Wildman–Crippen LogP) is 2.89. The van der Waals surface area contributed by atoms with Gasteiger partial charge in [0, 0.05) is 0 Å². The van der Waals surface area contributed by atoms with Crippen molar-refractivity contribution >= 4 is 0 Å². The second kappa shape index (κ2) is 4.95. The third kappa shape index (κ3) is 2.37. The number of aliphatic hydroxyl groups excluding tert-OH is 1. The number of nitrogens with zero attached hydrogens (tertiary/aromatic N) is 1. The fourth-order valence-electron chi connectivity index (χ4n) is 1.70. The zero-order chi connectivity index (χ0) is 11.4. The summed E-state index contributed by atoms with van der Waals surface area (Å²) in [4.78, 5) is 0. The summed E-state index contributed by atoms with van der Waals surface area (Å²) in [6.45, 7) is 5.92. The molecule has 15 heavy (non-hydrogen) atoms. The molecule has 0 aromatic heterocycles. The third-order valence-corrected chi connectivity index (χ3v) is 2.95. The van der Waals surface area contributed by atoms with Crippen LogP contribution >= 0.6 is 0 Å². The van der Waals surface area contributed by atoms with Crippen LogP contribution in [0.5, 0.6) is 0 Å². The number of rotatable bonds is 3. The molecule has 0 saturated carbocycles. The molecule has 1 aromatic carbocycles. The van der Waals surface area contributed by atoms with Gasteiger partial charge in [0.25, 0.3) is 0 Å². The Bertz CT molecular complexity index is 379. The summed E-state index contributed by atoms with van der Waals surface area (Å²) in [5.41, 5.74) is 3.11. The standard InChI is InChI=1S/C13H17NO/c1-4-11(8-14)13(15)12-7-5-6-9(2)10(12)3/h5-7,11,13,15H,4H2,1-3H3. The first-order valence-corrected chi connectivity index (χ1v) is 5.25. The fraction of sp³-hybridized carbons (Fsp3) is 0.462. The van der Waals surface area contributed by atoms with Crippen molar-refractivity contribution in [2.24, 2.45) is 5.92 Å². The van der Waals surface area contributed by atoms with Crippen LogP contribution in [0.2, 0.25) is 0 Å². The van der Waals surface area contributed by atoms with Crippen molar-refractivity contribution < 1.29 is 5.11 Å². The van der Waals surface area contributed by atoms with Crippen LogP contribution in [0.1, 0.15) is 36.1 Å². The van der Waals surface area contributed by atoms with Crippen molar-refractivity contribution in [3.8, 4) is 6.07 Å². The van der Waals surface area contributed by atoms with E-state index in [1.54, 1.807) is 0 Å². The van der Waals surface area contributed by atoms with Gasteiger partial charge in [-0.2, -0.15) is 5.26 Å². The minimum atomic E-state index is -0.667. The second-order valence-corrected chi connectivity index (χ2v) is 3.88. The van der Waals surface area contributed by atoms with E-state index in [0.717, 1.165) is 16.7 Å². The van der Waals surface area contributed by atoms with E-state index < -0.39 is 6.10 Å². The van der Waals surface area contributed by atoms with Gasteiger partial charge in [-0.3, -0.25) is 0 Å². The molecular formula is C13H17NO. The van der Waals surface area contributed by atoms with Gasteiger partial charge in [0.05, 0.1) is 18.1 Å². The molecule has 0 aliphatic carbocycles. The van der Waals surface area contributed by atoms with Crippen molar-refractivity contribution in [2.45, 2.75) is 33.3 Å². The largest absolute Gasteiger partial charge is 0.387 e. The van der Waals surface area contributed by atoms with Crippen LogP contribution in [0.3, 0.4) is 0 Å². The number of hydrogen-bond acceptors (Lipinski definition) is 2. The highest BCUT2D eigenvalue weighted by Crippen LogP contribution is 2.27. The quantitative estimate of drug-likeness (QED) is 0.820. The van der Waals surface area contributed by atoms with Gasteiger partial charge in [-0.15, -0.1) is 0 Å². The van der Waals surface area contributed by atoms with Crippen LogP contribution in [0.15, 0.2) is 18.2 Å². The molecule has 2 unspecified atom stereocenters. The molecule has 0 spiro atoms. The zero-order valence-electron chi connectivity index (χ0n) is 9.49. The second-order valence-electron chi connectivity index (χ2n) is 3.88. The van der Waals surface area contributed by atoms with E-state index >= 15 is 0 Å². The van der Waals surface area contributed by atoms with Crippen LogP contribution in [-0.2, 0) is 0 Å².